The van der Waals surface area contributed by atoms with Gasteiger partial charge in [-0.3, -0.25) is 0 Å². The summed E-state index contributed by atoms with van der Waals surface area (Å²) in [5.74, 6) is 0. The Bertz CT molecular complexity index is 33.8. The fourth-order valence-corrected chi connectivity index (χ4v) is 0. The zero-order chi connectivity index (χ0) is 3.58. The van der Waals surface area contributed by atoms with Crippen LogP contribution < -0.4 is 10.2 Å². The zero-order valence-electron chi connectivity index (χ0n) is 3.01. The van der Waals surface area contributed by atoms with Gasteiger partial charge in [0, 0.05) is 0 Å². The maximum atomic E-state index is 8.33. The second kappa shape index (κ2) is 10.0. The maximum Gasteiger partial charge on any atom is 3.00 e. The first-order valence-electron chi connectivity index (χ1n) is 0.612. The third-order valence-corrected chi connectivity index (χ3v) is 0. The van der Waals surface area contributed by atoms with Crippen LogP contribution in [-0.4, -0.2) is 51.6 Å². The van der Waals surface area contributed by atoms with Gasteiger partial charge in [0.25, 0.3) is 0 Å². The van der Waals surface area contributed by atoms with Gasteiger partial charge >= 0.3 is 81.1 Å². The van der Waals surface area contributed by atoms with Crippen molar-refractivity contribution in [2.24, 2.45) is 0 Å². The van der Waals surface area contributed by atoms with Crippen LogP contribution in [0, 0.1) is 35.6 Å². The van der Waals surface area contributed by atoms with Crippen molar-refractivity contribution < 1.29 is 50.6 Å². The summed E-state index contributed by atoms with van der Waals surface area (Å²) in [5.41, 5.74) is 0. The Morgan fingerprint density at radius 1 is 1.33 bits per heavy atom. The molecule has 0 amide bonds. The predicted molar refractivity (Wildman–Crippen MR) is 11.1 cm³/mol. The second-order valence-electron chi connectivity index (χ2n) is 0.250. The third kappa shape index (κ3) is 38.4. The summed E-state index contributed by atoms with van der Waals surface area (Å²) in [7, 11) is 0. The molecule has 5 heteroatoms. The molecule has 0 aromatic rings. The summed E-state index contributed by atoms with van der Waals surface area (Å²) < 4.78 is 0. The van der Waals surface area contributed by atoms with E-state index in [0.717, 1.165) is 0 Å². The third-order valence-electron chi connectivity index (χ3n) is 0. The Balaban J connectivity index is -0.0000000450. The van der Waals surface area contributed by atoms with E-state index in [1.54, 1.807) is 0 Å². The summed E-state index contributed by atoms with van der Waals surface area (Å²) in [5, 5.41) is 16.7. The molecule has 0 heterocycles. The van der Waals surface area contributed by atoms with Crippen LogP contribution in [-0.2, 0) is 0 Å². The van der Waals surface area contributed by atoms with Crippen molar-refractivity contribution in [3.63, 3.8) is 0 Å². The molecule has 0 saturated heterocycles. The average Bonchev–Trinajstić information content (AvgIpc) is 0.811. The van der Waals surface area contributed by atoms with Gasteiger partial charge in [-0.25, -0.2) is 0 Å². The van der Waals surface area contributed by atoms with E-state index in [4.69, 9.17) is 15.0 Å². The summed E-state index contributed by atoms with van der Waals surface area (Å²) in [6, 6.07) is 0. The van der Waals surface area contributed by atoms with E-state index in [9.17, 15) is 0 Å². The molecule has 24 valence electrons. The van der Waals surface area contributed by atoms with Gasteiger partial charge in [0.2, 0.25) is 0 Å². The van der Waals surface area contributed by atoms with Crippen LogP contribution in [0.2, 0.25) is 0 Å². The van der Waals surface area contributed by atoms with Gasteiger partial charge < -0.3 is 15.0 Å². The van der Waals surface area contributed by atoms with Gasteiger partial charge in [0.1, 0.15) is 0 Å². The Hall–Kier alpha value is 1.95. The van der Waals surface area contributed by atoms with Crippen LogP contribution in [0.4, 0.5) is 4.79 Å². The first-order valence-corrected chi connectivity index (χ1v) is 0.612. The van der Waals surface area contributed by atoms with Crippen molar-refractivity contribution >= 4 is 51.6 Å². The molecular weight excluding hydrogens is 287 g/mol. The van der Waals surface area contributed by atoms with E-state index in [0.29, 0.717) is 0 Å². The topological polar surface area (TPSA) is 63.2 Å². The molecule has 0 aliphatic carbocycles. The molecule has 0 aliphatic rings. The van der Waals surface area contributed by atoms with Crippen molar-refractivity contribution in [3.05, 3.63) is 0 Å². The number of hydrogen-bond donors (Lipinski definition) is 0. The van der Waals surface area contributed by atoms with Crippen molar-refractivity contribution in [1.82, 2.24) is 0 Å². The van der Waals surface area contributed by atoms with Crippen molar-refractivity contribution in [2.75, 3.05) is 0 Å². The van der Waals surface area contributed by atoms with E-state index >= 15 is 0 Å². The molecule has 0 aromatic heterocycles. The number of hydrogen-bond acceptors (Lipinski definition) is 3. The van der Waals surface area contributed by atoms with Gasteiger partial charge in [0.05, 0.1) is 0 Å². The fourth-order valence-electron chi connectivity index (χ4n) is 0. The normalized spacial score (nSPS) is 4.00. The van der Waals surface area contributed by atoms with E-state index in [1.807, 2.05) is 0 Å². The van der Waals surface area contributed by atoms with Crippen molar-refractivity contribution in [2.45, 2.75) is 0 Å². The monoisotopic (exact) mass is 287 g/mol. The molecule has 3 nitrogen and oxygen atoms in total. The van der Waals surface area contributed by atoms with E-state index in [-0.39, 0.29) is 81.1 Å². The molecule has 0 atom stereocenters. The largest absolute Gasteiger partial charge is 3.00 e. The van der Waals surface area contributed by atoms with Crippen LogP contribution in [0.5, 0.6) is 0 Å². The molecule has 0 radical (unpaired) electrons. The first-order chi connectivity index (χ1) is 1.73. The standard InChI is InChI=1S/CH2O3.La.Sr/c2-1(3)4;;/h(H2,2,3,4);;/q;+3;+2/p-2. The summed E-state index contributed by atoms with van der Waals surface area (Å²) in [6.45, 7) is 0. The summed E-state index contributed by atoms with van der Waals surface area (Å²) >= 11 is 0. The van der Waals surface area contributed by atoms with Crippen LogP contribution in [0.25, 0.3) is 0 Å². The SMILES string of the molecule is O=C([O-])[O-].[La+3].[Sr+2]. The molecule has 6 heavy (non-hydrogen) atoms. The number of carboxylic acid groups (broad SMARTS) is 2. The van der Waals surface area contributed by atoms with Crippen LogP contribution in [0.15, 0.2) is 0 Å². The molecule has 0 unspecified atom stereocenters. The molecule has 0 aromatic carbocycles. The van der Waals surface area contributed by atoms with Crippen LogP contribution >= 0.6 is 0 Å². The van der Waals surface area contributed by atoms with Gasteiger partial charge in [-0.05, 0) is 6.16 Å². The summed E-state index contributed by atoms with van der Waals surface area (Å²) in [6.07, 6.45) is -2.33. The van der Waals surface area contributed by atoms with E-state index < -0.39 is 6.16 Å². The van der Waals surface area contributed by atoms with Crippen molar-refractivity contribution in [1.29, 1.82) is 0 Å². The molecule has 0 rings (SSSR count). The van der Waals surface area contributed by atoms with Gasteiger partial charge in [-0.1, -0.05) is 0 Å². The zero-order valence-corrected chi connectivity index (χ0v) is 10.1. The molecule has 0 saturated carbocycles. The number of carbonyl (C=O) groups excluding carboxylic acids is 1. The fraction of sp³-hybridized carbons (Fsp3) is 0. The Morgan fingerprint density at radius 2 is 1.33 bits per heavy atom. The molecule has 0 aliphatic heterocycles. The summed E-state index contributed by atoms with van der Waals surface area (Å²) in [4.78, 5) is 8.33. The van der Waals surface area contributed by atoms with Crippen LogP contribution in [0.1, 0.15) is 0 Å². The first kappa shape index (κ1) is 15.7. The Morgan fingerprint density at radius 3 is 1.33 bits per heavy atom. The minimum absolute atomic E-state index is 0. The minimum atomic E-state index is -2.33. The van der Waals surface area contributed by atoms with Crippen LogP contribution in [0.3, 0.4) is 0 Å². The molecule has 0 fully saturated rings. The smallest absolute Gasteiger partial charge is 0.652 e. The molecular formula is CLaO3Sr+3. The van der Waals surface area contributed by atoms with Gasteiger partial charge in [0.15, 0.2) is 0 Å². The maximum absolute atomic E-state index is 8.33. The number of rotatable bonds is 0. The second-order valence-corrected chi connectivity index (χ2v) is 0.250. The number of carbonyl (C=O) groups is 1. The van der Waals surface area contributed by atoms with Gasteiger partial charge in [-0.15, -0.1) is 0 Å². The minimum Gasteiger partial charge on any atom is -0.652 e. The molecule has 0 spiro atoms. The Kier molecular flexibility index (Phi) is 26.2. The van der Waals surface area contributed by atoms with E-state index in [2.05, 4.69) is 0 Å². The van der Waals surface area contributed by atoms with Crippen molar-refractivity contribution in [3.8, 4) is 0 Å². The van der Waals surface area contributed by atoms with Gasteiger partial charge in [-0.2, -0.15) is 0 Å². The molecule has 0 N–H and O–H groups in total. The predicted octanol–water partition coefficient (Wildman–Crippen LogP) is -2.83. The molecule has 0 bridgehead atoms. The van der Waals surface area contributed by atoms with E-state index in [1.165, 1.54) is 0 Å². The Labute approximate surface area is 100.0 Å². The quantitative estimate of drug-likeness (QED) is 0.451. The average molecular weight is 287 g/mol.